The third-order valence-corrected chi connectivity index (χ3v) is 6.64. The molecule has 1 heterocycles. The number of aromatic nitrogens is 1. The predicted octanol–water partition coefficient (Wildman–Crippen LogP) is 5.96. The van der Waals surface area contributed by atoms with Gasteiger partial charge in [-0.15, -0.1) is 0 Å². The van der Waals surface area contributed by atoms with Gasteiger partial charge in [-0.2, -0.15) is 0 Å². The Morgan fingerprint density at radius 1 is 1.03 bits per heavy atom. The molecule has 6 heteroatoms. The third kappa shape index (κ3) is 5.22. The van der Waals surface area contributed by atoms with Crippen molar-refractivity contribution < 1.29 is 9.90 Å². The van der Waals surface area contributed by atoms with Gasteiger partial charge in [0.15, 0.2) is 5.78 Å². The first-order valence-electron chi connectivity index (χ1n) is 11.7. The van der Waals surface area contributed by atoms with E-state index in [-0.39, 0.29) is 5.78 Å². The summed E-state index contributed by atoms with van der Waals surface area (Å²) in [6.45, 7) is 6.50. The smallest absolute Gasteiger partial charge is 0.162 e. The van der Waals surface area contributed by atoms with E-state index in [2.05, 4.69) is 23.7 Å². The van der Waals surface area contributed by atoms with Crippen LogP contribution in [-0.2, 0) is 0 Å². The maximum atomic E-state index is 12.9. The number of benzene rings is 3. The van der Waals surface area contributed by atoms with Gasteiger partial charge in [0, 0.05) is 40.7 Å². The van der Waals surface area contributed by atoms with E-state index < -0.39 is 6.10 Å². The van der Waals surface area contributed by atoms with Crippen molar-refractivity contribution in [2.45, 2.75) is 32.8 Å². The molecule has 176 valence electrons. The maximum absolute atomic E-state index is 12.9. The van der Waals surface area contributed by atoms with Gasteiger partial charge in [-0.25, -0.2) is 4.98 Å². The van der Waals surface area contributed by atoms with Crippen LogP contribution in [0.25, 0.3) is 32.7 Å². The minimum Gasteiger partial charge on any atom is -0.392 e. The molecular weight excluding hydrogens is 446 g/mol. The quantitative estimate of drug-likeness (QED) is 0.292. The summed E-state index contributed by atoms with van der Waals surface area (Å²) in [4.78, 5) is 19.4. The number of likely N-dealkylation sites (N-methyl/N-ethyl adjacent to an activating group) is 1. The Kier molecular flexibility index (Phi) is 7.47. The van der Waals surface area contributed by atoms with Gasteiger partial charge in [0.2, 0.25) is 0 Å². The van der Waals surface area contributed by atoms with Crippen molar-refractivity contribution in [2.75, 3.05) is 25.4 Å². The summed E-state index contributed by atoms with van der Waals surface area (Å²) >= 11 is 6.26. The molecule has 1 atom stereocenters. The Bertz CT molecular complexity index is 1330. The summed E-state index contributed by atoms with van der Waals surface area (Å²) in [6, 6.07) is 17.5. The molecule has 0 aliphatic rings. The van der Waals surface area contributed by atoms with E-state index >= 15 is 0 Å². The summed E-state index contributed by atoms with van der Waals surface area (Å²) < 4.78 is 0. The number of carbonyl (C=O) groups is 1. The number of rotatable bonds is 9. The third-order valence-electron chi connectivity index (χ3n) is 6.40. The topological polar surface area (TPSA) is 79.5 Å². The Morgan fingerprint density at radius 3 is 2.53 bits per heavy atom. The van der Waals surface area contributed by atoms with E-state index in [1.165, 1.54) is 0 Å². The van der Waals surface area contributed by atoms with E-state index in [0.717, 1.165) is 45.8 Å². The molecule has 1 aromatic heterocycles. The van der Waals surface area contributed by atoms with E-state index in [1.807, 2.05) is 54.6 Å². The Hall–Kier alpha value is -2.99. The van der Waals surface area contributed by atoms with Crippen LogP contribution in [0.1, 0.15) is 37.0 Å². The molecule has 4 rings (SSSR count). The lowest BCUT2D eigenvalue weighted by Crippen LogP contribution is -2.32. The maximum Gasteiger partial charge on any atom is 0.162 e. The zero-order valence-electron chi connectivity index (χ0n) is 19.6. The van der Waals surface area contributed by atoms with Crippen LogP contribution in [-0.4, -0.2) is 46.5 Å². The number of aliphatic hydroxyl groups is 1. The molecule has 0 amide bonds. The number of aliphatic hydroxyl groups excluding tert-OH is 1. The summed E-state index contributed by atoms with van der Waals surface area (Å²) in [5.41, 5.74) is 8.68. The van der Waals surface area contributed by atoms with Crippen LogP contribution in [0.15, 0.2) is 60.8 Å². The second-order valence-electron chi connectivity index (χ2n) is 8.63. The molecule has 1 unspecified atom stereocenters. The summed E-state index contributed by atoms with van der Waals surface area (Å²) in [7, 11) is 0. The van der Waals surface area contributed by atoms with Gasteiger partial charge >= 0.3 is 0 Å². The van der Waals surface area contributed by atoms with Crippen LogP contribution in [0.3, 0.4) is 0 Å². The number of ketones is 1. The van der Waals surface area contributed by atoms with Crippen LogP contribution < -0.4 is 5.73 Å². The number of pyridine rings is 1. The standard InChI is InChI=1S/C28H30ClN3O2/c1-3-32(4-2)17-24(33)11-12-26(34)19-7-5-18-6-8-20(14-22(18)13-19)27-25-15-23(29)10-9-21(25)16-31-28(27)30/h5-10,13-16,24,33H,3-4,11-12,17H2,1-2H3,(H2,30,31). The van der Waals surface area contributed by atoms with Gasteiger partial charge in [0.05, 0.1) is 6.10 Å². The molecule has 3 N–H and O–H groups in total. The van der Waals surface area contributed by atoms with Crippen LogP contribution in [0.5, 0.6) is 0 Å². The van der Waals surface area contributed by atoms with Crippen LogP contribution in [0.4, 0.5) is 5.82 Å². The molecule has 0 aliphatic heterocycles. The number of anilines is 1. The predicted molar refractivity (Wildman–Crippen MR) is 141 cm³/mol. The van der Waals surface area contributed by atoms with Crippen molar-refractivity contribution in [3.05, 3.63) is 71.4 Å². The minimum atomic E-state index is -0.510. The number of nitrogens with zero attached hydrogens (tertiary/aromatic N) is 2. The number of Topliss-reactive ketones (excluding diaryl/α,β-unsaturated/α-hetero) is 1. The number of carbonyl (C=O) groups excluding carboxylic acids is 1. The molecular formula is C28H30ClN3O2. The molecule has 0 bridgehead atoms. The van der Waals surface area contributed by atoms with E-state index in [9.17, 15) is 9.90 Å². The van der Waals surface area contributed by atoms with Gasteiger partial charge in [0.25, 0.3) is 0 Å². The zero-order valence-corrected chi connectivity index (χ0v) is 20.3. The first kappa shape index (κ1) is 24.1. The van der Waals surface area contributed by atoms with Crippen molar-refractivity contribution in [1.82, 2.24) is 9.88 Å². The number of nitrogen functional groups attached to an aromatic ring is 1. The van der Waals surface area contributed by atoms with E-state index in [0.29, 0.717) is 35.8 Å². The highest BCUT2D eigenvalue weighted by molar-refractivity contribution is 6.31. The highest BCUT2D eigenvalue weighted by Gasteiger charge is 2.14. The second-order valence-corrected chi connectivity index (χ2v) is 9.06. The summed E-state index contributed by atoms with van der Waals surface area (Å²) in [5, 5.41) is 14.8. The normalized spacial score (nSPS) is 12.5. The second kappa shape index (κ2) is 10.5. The highest BCUT2D eigenvalue weighted by atomic mass is 35.5. The van der Waals surface area contributed by atoms with Gasteiger partial charge in [-0.3, -0.25) is 4.79 Å². The number of halogens is 1. The molecule has 0 aliphatic carbocycles. The van der Waals surface area contributed by atoms with Gasteiger partial charge in [-0.05, 0) is 65.5 Å². The molecule has 34 heavy (non-hydrogen) atoms. The fraction of sp³-hybridized carbons (Fsp3) is 0.286. The van der Waals surface area contributed by atoms with Gasteiger partial charge in [0.1, 0.15) is 5.82 Å². The zero-order chi connectivity index (χ0) is 24.2. The van der Waals surface area contributed by atoms with Gasteiger partial charge in [-0.1, -0.05) is 55.8 Å². The fourth-order valence-electron chi connectivity index (χ4n) is 4.39. The lowest BCUT2D eigenvalue weighted by Gasteiger charge is -2.21. The van der Waals surface area contributed by atoms with Crippen LogP contribution >= 0.6 is 11.6 Å². The molecule has 5 nitrogen and oxygen atoms in total. The summed E-state index contributed by atoms with van der Waals surface area (Å²) in [5.74, 6) is 0.465. The monoisotopic (exact) mass is 475 g/mol. The Balaban J connectivity index is 1.61. The van der Waals surface area contributed by atoms with Crippen LogP contribution in [0.2, 0.25) is 5.02 Å². The number of nitrogens with two attached hydrogens (primary N) is 1. The SMILES string of the molecule is CCN(CC)CC(O)CCC(=O)c1ccc2ccc(-c3c(N)ncc4ccc(Cl)cc34)cc2c1. The molecule has 0 saturated heterocycles. The number of hydrogen-bond donors (Lipinski definition) is 2. The lowest BCUT2D eigenvalue weighted by molar-refractivity contribution is 0.0877. The summed E-state index contributed by atoms with van der Waals surface area (Å²) in [6.07, 6.45) is 2.00. The highest BCUT2D eigenvalue weighted by Crippen LogP contribution is 2.35. The van der Waals surface area contributed by atoms with Crippen molar-refractivity contribution in [3.8, 4) is 11.1 Å². The largest absolute Gasteiger partial charge is 0.392 e. The molecule has 3 aromatic carbocycles. The van der Waals surface area contributed by atoms with Gasteiger partial charge < -0.3 is 15.7 Å². The molecule has 0 saturated carbocycles. The van der Waals surface area contributed by atoms with Crippen molar-refractivity contribution in [2.24, 2.45) is 0 Å². The average molecular weight is 476 g/mol. The molecule has 4 aromatic rings. The first-order valence-corrected chi connectivity index (χ1v) is 12.1. The minimum absolute atomic E-state index is 0.0315. The van der Waals surface area contributed by atoms with Crippen molar-refractivity contribution in [1.29, 1.82) is 0 Å². The first-order chi connectivity index (χ1) is 16.4. The average Bonchev–Trinajstić information content (AvgIpc) is 2.85. The Labute approximate surface area is 205 Å². The molecule has 0 spiro atoms. The molecule has 0 fully saturated rings. The molecule has 0 radical (unpaired) electrons. The number of hydrogen-bond acceptors (Lipinski definition) is 5. The van der Waals surface area contributed by atoms with Crippen molar-refractivity contribution >= 4 is 44.7 Å². The van der Waals surface area contributed by atoms with Crippen molar-refractivity contribution in [3.63, 3.8) is 0 Å². The number of fused-ring (bicyclic) bond motifs is 2. The van der Waals surface area contributed by atoms with E-state index in [1.54, 1.807) is 6.20 Å². The van der Waals surface area contributed by atoms with E-state index in [4.69, 9.17) is 17.3 Å². The Morgan fingerprint density at radius 2 is 1.76 bits per heavy atom. The van der Waals surface area contributed by atoms with Crippen LogP contribution in [0, 0.1) is 0 Å². The fourth-order valence-corrected chi connectivity index (χ4v) is 4.56. The lowest BCUT2D eigenvalue weighted by atomic mass is 9.95.